The number of nitrogens with two attached hydrogens (primary N) is 1. The summed E-state index contributed by atoms with van der Waals surface area (Å²) in [5.74, 6) is -1.40. The molecule has 1 heterocycles. The molecule has 0 radical (unpaired) electrons. The SMILES string of the molecule is CC1(C)OB(c2cc(F)c3c(c2)CCC3C(N)=O)OC1(C)C. The van der Waals surface area contributed by atoms with E-state index in [0.29, 0.717) is 23.9 Å². The number of amides is 1. The molecule has 1 atom stereocenters. The minimum absolute atomic E-state index is 0.400. The lowest BCUT2D eigenvalue weighted by atomic mass is 9.77. The first kappa shape index (κ1) is 15.5. The van der Waals surface area contributed by atoms with Crippen LogP contribution in [0.3, 0.4) is 0 Å². The highest BCUT2D eigenvalue weighted by atomic mass is 19.1. The third kappa shape index (κ3) is 2.25. The number of aryl methyl sites for hydroxylation is 1. The van der Waals surface area contributed by atoms with Gasteiger partial charge in [0.15, 0.2) is 0 Å². The van der Waals surface area contributed by atoms with Crippen LogP contribution in [0.25, 0.3) is 0 Å². The van der Waals surface area contributed by atoms with E-state index in [1.54, 1.807) is 0 Å². The normalized spacial score (nSPS) is 25.3. The Labute approximate surface area is 130 Å². The fourth-order valence-electron chi connectivity index (χ4n) is 3.14. The quantitative estimate of drug-likeness (QED) is 0.845. The first-order valence-electron chi connectivity index (χ1n) is 7.59. The van der Waals surface area contributed by atoms with Gasteiger partial charge in [0.1, 0.15) is 5.82 Å². The molecule has 1 aromatic rings. The van der Waals surface area contributed by atoms with Crippen molar-refractivity contribution in [2.45, 2.75) is 57.7 Å². The van der Waals surface area contributed by atoms with E-state index in [-0.39, 0.29) is 0 Å². The second-order valence-corrected chi connectivity index (χ2v) is 7.16. The Hall–Kier alpha value is -1.40. The van der Waals surface area contributed by atoms with E-state index in [4.69, 9.17) is 15.0 Å². The molecule has 1 saturated heterocycles. The first-order valence-corrected chi connectivity index (χ1v) is 7.59. The molecule has 1 aliphatic carbocycles. The van der Waals surface area contributed by atoms with Crippen LogP contribution in [0.5, 0.6) is 0 Å². The molecule has 1 fully saturated rings. The van der Waals surface area contributed by atoms with Gasteiger partial charge in [-0.15, -0.1) is 0 Å². The van der Waals surface area contributed by atoms with Crippen molar-refractivity contribution in [3.05, 3.63) is 29.1 Å². The number of carbonyl (C=O) groups excluding carboxylic acids is 1. The molecule has 118 valence electrons. The van der Waals surface area contributed by atoms with Crippen LogP contribution in [0.1, 0.15) is 51.2 Å². The lowest BCUT2D eigenvalue weighted by Gasteiger charge is -2.32. The molecule has 0 bridgehead atoms. The number of hydrogen-bond donors (Lipinski definition) is 1. The molecule has 22 heavy (non-hydrogen) atoms. The van der Waals surface area contributed by atoms with Gasteiger partial charge < -0.3 is 15.0 Å². The van der Waals surface area contributed by atoms with Gasteiger partial charge in [-0.2, -0.15) is 0 Å². The van der Waals surface area contributed by atoms with E-state index < -0.39 is 36.0 Å². The van der Waals surface area contributed by atoms with Gasteiger partial charge in [-0.3, -0.25) is 4.79 Å². The van der Waals surface area contributed by atoms with E-state index in [9.17, 15) is 9.18 Å². The van der Waals surface area contributed by atoms with Gasteiger partial charge in [0.05, 0.1) is 17.1 Å². The maximum absolute atomic E-state index is 14.5. The van der Waals surface area contributed by atoms with Gasteiger partial charge in [-0.05, 0) is 57.6 Å². The van der Waals surface area contributed by atoms with E-state index in [1.165, 1.54) is 6.07 Å². The highest BCUT2D eigenvalue weighted by Gasteiger charge is 2.52. The Kier molecular flexibility index (Phi) is 3.38. The second-order valence-electron chi connectivity index (χ2n) is 7.16. The average Bonchev–Trinajstić information content (AvgIpc) is 2.89. The predicted octanol–water partition coefficient (Wildman–Crippen LogP) is 1.64. The maximum atomic E-state index is 14.5. The Bertz CT molecular complexity index is 629. The zero-order chi connectivity index (χ0) is 16.3. The number of halogens is 1. The maximum Gasteiger partial charge on any atom is 0.494 e. The minimum atomic E-state index is -0.600. The molecule has 2 aliphatic rings. The summed E-state index contributed by atoms with van der Waals surface area (Å²) in [5.41, 5.74) is 6.34. The monoisotopic (exact) mass is 305 g/mol. The lowest BCUT2D eigenvalue weighted by Crippen LogP contribution is -2.41. The molecular weight excluding hydrogens is 284 g/mol. The number of fused-ring (bicyclic) bond motifs is 1. The summed E-state index contributed by atoms with van der Waals surface area (Å²) >= 11 is 0. The van der Waals surface area contributed by atoms with E-state index in [1.807, 2.05) is 33.8 Å². The van der Waals surface area contributed by atoms with Gasteiger partial charge in [0.25, 0.3) is 0 Å². The van der Waals surface area contributed by atoms with E-state index in [2.05, 4.69) is 0 Å². The summed E-state index contributed by atoms with van der Waals surface area (Å²) in [5, 5.41) is 0. The Balaban J connectivity index is 1.96. The molecule has 1 aliphatic heterocycles. The Morgan fingerprint density at radius 1 is 1.27 bits per heavy atom. The Morgan fingerprint density at radius 2 is 1.86 bits per heavy atom. The van der Waals surface area contributed by atoms with Crippen LogP contribution in [0.15, 0.2) is 12.1 Å². The van der Waals surface area contributed by atoms with Crippen LogP contribution in [0, 0.1) is 5.82 Å². The number of benzene rings is 1. The van der Waals surface area contributed by atoms with Crippen molar-refractivity contribution in [1.82, 2.24) is 0 Å². The average molecular weight is 305 g/mol. The summed E-state index contributed by atoms with van der Waals surface area (Å²) in [7, 11) is -0.600. The first-order chi connectivity index (χ1) is 10.1. The molecule has 3 rings (SSSR count). The number of primary amides is 1. The molecule has 1 amide bonds. The molecule has 1 unspecified atom stereocenters. The van der Waals surface area contributed by atoms with Crippen molar-refractivity contribution in [2.75, 3.05) is 0 Å². The third-order valence-electron chi connectivity index (χ3n) is 5.16. The zero-order valence-electron chi connectivity index (χ0n) is 13.4. The van der Waals surface area contributed by atoms with Gasteiger partial charge in [0.2, 0.25) is 5.91 Å². The summed E-state index contributed by atoms with van der Waals surface area (Å²) in [6.45, 7) is 7.83. The third-order valence-corrected chi connectivity index (χ3v) is 5.16. The van der Waals surface area contributed by atoms with Crippen LogP contribution >= 0.6 is 0 Å². The van der Waals surface area contributed by atoms with Gasteiger partial charge in [-0.1, -0.05) is 6.07 Å². The lowest BCUT2D eigenvalue weighted by molar-refractivity contribution is -0.119. The number of rotatable bonds is 2. The molecule has 6 heteroatoms. The Morgan fingerprint density at radius 3 is 2.41 bits per heavy atom. The van der Waals surface area contributed by atoms with E-state index in [0.717, 1.165) is 5.56 Å². The fraction of sp³-hybridized carbons (Fsp3) is 0.562. The van der Waals surface area contributed by atoms with Gasteiger partial charge >= 0.3 is 7.12 Å². The highest BCUT2D eigenvalue weighted by Crippen LogP contribution is 2.38. The number of hydrogen-bond acceptors (Lipinski definition) is 3. The largest absolute Gasteiger partial charge is 0.494 e. The summed E-state index contributed by atoms with van der Waals surface area (Å²) in [6, 6.07) is 3.28. The molecular formula is C16H21BFNO3. The fourth-order valence-corrected chi connectivity index (χ4v) is 3.14. The van der Waals surface area contributed by atoms with Crippen LogP contribution < -0.4 is 11.2 Å². The second kappa shape index (κ2) is 4.80. The molecule has 0 aromatic heterocycles. The standard InChI is InChI=1S/C16H21BFNO3/c1-15(2)16(3,4)22-17(21-15)10-7-9-5-6-11(14(19)20)13(9)12(18)8-10/h7-8,11H,5-6H2,1-4H3,(H2,19,20). The van der Waals surface area contributed by atoms with Gasteiger partial charge in [0, 0.05) is 5.56 Å². The molecule has 4 nitrogen and oxygen atoms in total. The molecule has 0 saturated carbocycles. The summed E-state index contributed by atoms with van der Waals surface area (Å²) < 4.78 is 26.4. The molecule has 2 N–H and O–H groups in total. The minimum Gasteiger partial charge on any atom is -0.399 e. The van der Waals surface area contributed by atoms with Crippen molar-refractivity contribution < 1.29 is 18.5 Å². The number of carbonyl (C=O) groups is 1. The van der Waals surface area contributed by atoms with Crippen molar-refractivity contribution in [3.8, 4) is 0 Å². The van der Waals surface area contributed by atoms with E-state index >= 15 is 0 Å². The van der Waals surface area contributed by atoms with Crippen LogP contribution in [0.2, 0.25) is 0 Å². The van der Waals surface area contributed by atoms with Crippen molar-refractivity contribution >= 4 is 18.5 Å². The highest BCUT2D eigenvalue weighted by molar-refractivity contribution is 6.62. The summed E-state index contributed by atoms with van der Waals surface area (Å²) in [4.78, 5) is 11.4. The van der Waals surface area contributed by atoms with Crippen LogP contribution in [-0.4, -0.2) is 24.2 Å². The van der Waals surface area contributed by atoms with Gasteiger partial charge in [-0.25, -0.2) is 4.39 Å². The molecule has 1 aromatic carbocycles. The zero-order valence-corrected chi connectivity index (χ0v) is 13.4. The van der Waals surface area contributed by atoms with Crippen molar-refractivity contribution in [3.63, 3.8) is 0 Å². The van der Waals surface area contributed by atoms with Crippen molar-refractivity contribution in [1.29, 1.82) is 0 Å². The van der Waals surface area contributed by atoms with Crippen LogP contribution in [0.4, 0.5) is 4.39 Å². The predicted molar refractivity (Wildman–Crippen MR) is 82.4 cm³/mol. The smallest absolute Gasteiger partial charge is 0.399 e. The van der Waals surface area contributed by atoms with Crippen LogP contribution in [-0.2, 0) is 20.5 Å². The summed E-state index contributed by atoms with van der Waals surface area (Å²) in [6.07, 6.45) is 1.21. The van der Waals surface area contributed by atoms with Crippen molar-refractivity contribution in [2.24, 2.45) is 5.73 Å². The molecule has 0 spiro atoms. The topological polar surface area (TPSA) is 61.5 Å².